The smallest absolute Gasteiger partial charge is 0.302 e. The number of carbonyl (C=O) groups excluding carboxylic acids is 1. The minimum absolute atomic E-state index is 0.0378. The highest BCUT2D eigenvalue weighted by Gasteiger charge is 2.75. The molecule has 2 saturated carbocycles. The standard InChI is InChI=1S/C14H20Cl4O2/c1-8(19)20-7-10-12(4,14(10,17)18)6-5-9-11(2,3)13(9,15)16/h9-10H,5-7H2,1-4H3. The summed E-state index contributed by atoms with van der Waals surface area (Å²) in [7, 11) is 0. The number of rotatable bonds is 5. The molecule has 0 radical (unpaired) electrons. The number of alkyl halides is 4. The van der Waals surface area contributed by atoms with Gasteiger partial charge < -0.3 is 4.74 Å². The van der Waals surface area contributed by atoms with E-state index in [1.165, 1.54) is 6.92 Å². The second-order valence-electron chi connectivity index (χ2n) is 6.83. The lowest BCUT2D eigenvalue weighted by Crippen LogP contribution is -2.08. The van der Waals surface area contributed by atoms with Crippen molar-refractivity contribution >= 4 is 52.4 Å². The summed E-state index contributed by atoms with van der Waals surface area (Å²) in [5.74, 6) is -0.106. The lowest BCUT2D eigenvalue weighted by molar-refractivity contribution is -0.141. The second-order valence-corrected chi connectivity index (χ2v) is 9.60. The Bertz CT molecular complexity index is 419. The first-order chi connectivity index (χ1) is 8.89. The third-order valence-corrected chi connectivity index (χ3v) is 8.27. The van der Waals surface area contributed by atoms with Gasteiger partial charge in [-0.1, -0.05) is 20.8 Å². The summed E-state index contributed by atoms with van der Waals surface area (Å²) in [6, 6.07) is 0. The van der Waals surface area contributed by atoms with E-state index in [-0.39, 0.29) is 35.2 Å². The zero-order valence-electron chi connectivity index (χ0n) is 12.1. The van der Waals surface area contributed by atoms with Gasteiger partial charge in [-0.15, -0.1) is 46.4 Å². The van der Waals surface area contributed by atoms with E-state index in [4.69, 9.17) is 51.1 Å². The molecule has 2 fully saturated rings. The fraction of sp³-hybridized carbons (Fsp3) is 0.929. The van der Waals surface area contributed by atoms with Crippen LogP contribution in [0.2, 0.25) is 0 Å². The maximum atomic E-state index is 10.9. The Labute approximate surface area is 140 Å². The van der Waals surface area contributed by atoms with Crippen molar-refractivity contribution in [2.75, 3.05) is 6.61 Å². The summed E-state index contributed by atoms with van der Waals surface area (Å²) in [5, 5.41) is 0. The van der Waals surface area contributed by atoms with Crippen LogP contribution in [0.4, 0.5) is 0 Å². The Morgan fingerprint density at radius 2 is 1.55 bits per heavy atom. The molecule has 116 valence electrons. The van der Waals surface area contributed by atoms with E-state index in [9.17, 15) is 4.79 Å². The molecular weight excluding hydrogens is 342 g/mol. The Hall–Kier alpha value is 0.630. The van der Waals surface area contributed by atoms with E-state index in [2.05, 4.69) is 13.8 Å². The fourth-order valence-electron chi connectivity index (χ4n) is 3.25. The first kappa shape index (κ1) is 17.0. The highest BCUT2D eigenvalue weighted by atomic mass is 35.5. The molecule has 6 heteroatoms. The topological polar surface area (TPSA) is 26.3 Å². The Morgan fingerprint density at radius 1 is 1.05 bits per heavy atom. The van der Waals surface area contributed by atoms with Crippen LogP contribution in [-0.4, -0.2) is 21.2 Å². The van der Waals surface area contributed by atoms with E-state index >= 15 is 0 Å². The number of ether oxygens (including phenoxy) is 1. The van der Waals surface area contributed by atoms with E-state index in [0.717, 1.165) is 12.8 Å². The molecule has 0 aromatic carbocycles. The summed E-state index contributed by atoms with van der Waals surface area (Å²) in [5.41, 5.74) is -0.331. The summed E-state index contributed by atoms with van der Waals surface area (Å²) in [6.45, 7) is 7.81. The van der Waals surface area contributed by atoms with E-state index < -0.39 is 8.67 Å². The van der Waals surface area contributed by atoms with Crippen LogP contribution in [0, 0.1) is 22.7 Å². The number of carbonyl (C=O) groups is 1. The second kappa shape index (κ2) is 4.81. The van der Waals surface area contributed by atoms with Crippen LogP contribution in [0.25, 0.3) is 0 Å². The molecule has 0 spiro atoms. The maximum Gasteiger partial charge on any atom is 0.302 e. The van der Waals surface area contributed by atoms with Gasteiger partial charge in [0, 0.05) is 29.6 Å². The Kier molecular flexibility index (Phi) is 4.09. The van der Waals surface area contributed by atoms with Gasteiger partial charge in [-0.05, 0) is 12.8 Å². The lowest BCUT2D eigenvalue weighted by atomic mass is 9.95. The van der Waals surface area contributed by atoms with E-state index in [1.54, 1.807) is 0 Å². The predicted octanol–water partition coefficient (Wildman–Crippen LogP) is 4.97. The quantitative estimate of drug-likeness (QED) is 0.510. The number of esters is 1. The normalized spacial score (nSPS) is 39.2. The van der Waals surface area contributed by atoms with Crippen molar-refractivity contribution in [1.29, 1.82) is 0 Å². The minimum atomic E-state index is -0.844. The third kappa shape index (κ3) is 2.35. The number of hydrogen-bond acceptors (Lipinski definition) is 2. The molecule has 2 aliphatic carbocycles. The molecule has 0 aromatic heterocycles. The Balaban J connectivity index is 1.91. The molecule has 0 N–H and O–H groups in total. The summed E-state index contributed by atoms with van der Waals surface area (Å²) < 4.78 is 3.53. The van der Waals surface area contributed by atoms with Gasteiger partial charge in [-0.25, -0.2) is 0 Å². The van der Waals surface area contributed by atoms with Crippen molar-refractivity contribution in [3.8, 4) is 0 Å². The van der Waals surface area contributed by atoms with Crippen LogP contribution >= 0.6 is 46.4 Å². The SMILES string of the molecule is CC(=O)OCC1C(Cl)(Cl)C1(C)CCC1C(C)(C)C1(Cl)Cl. The lowest BCUT2D eigenvalue weighted by Gasteiger charge is -2.12. The molecule has 0 aliphatic heterocycles. The zero-order valence-corrected chi connectivity index (χ0v) is 15.1. The fourth-order valence-corrected chi connectivity index (χ4v) is 5.12. The number of hydrogen-bond donors (Lipinski definition) is 0. The van der Waals surface area contributed by atoms with Gasteiger partial charge in [-0.3, -0.25) is 4.79 Å². The Morgan fingerprint density at radius 3 is 1.95 bits per heavy atom. The molecule has 2 nitrogen and oxygen atoms in total. The van der Waals surface area contributed by atoms with Crippen LogP contribution in [0.1, 0.15) is 40.5 Å². The van der Waals surface area contributed by atoms with Crippen molar-refractivity contribution in [3.63, 3.8) is 0 Å². The van der Waals surface area contributed by atoms with Crippen LogP contribution in [0.5, 0.6) is 0 Å². The van der Waals surface area contributed by atoms with Crippen molar-refractivity contribution < 1.29 is 9.53 Å². The molecule has 0 aromatic rings. The van der Waals surface area contributed by atoms with Crippen LogP contribution < -0.4 is 0 Å². The van der Waals surface area contributed by atoms with Crippen LogP contribution in [0.3, 0.4) is 0 Å². The molecule has 2 rings (SSSR count). The number of halogens is 4. The van der Waals surface area contributed by atoms with Crippen molar-refractivity contribution in [2.45, 2.75) is 49.2 Å². The summed E-state index contributed by atoms with van der Waals surface area (Å²) >= 11 is 25.3. The van der Waals surface area contributed by atoms with Crippen molar-refractivity contribution in [3.05, 3.63) is 0 Å². The third-order valence-electron chi connectivity index (χ3n) is 5.38. The van der Waals surface area contributed by atoms with Crippen LogP contribution in [0.15, 0.2) is 0 Å². The van der Waals surface area contributed by atoms with Gasteiger partial charge in [0.05, 0.1) is 6.61 Å². The largest absolute Gasteiger partial charge is 0.465 e. The zero-order chi connectivity index (χ0) is 15.6. The van der Waals surface area contributed by atoms with E-state index in [0.29, 0.717) is 0 Å². The van der Waals surface area contributed by atoms with Gasteiger partial charge in [0.25, 0.3) is 0 Å². The first-order valence-electron chi connectivity index (χ1n) is 6.78. The first-order valence-corrected chi connectivity index (χ1v) is 8.29. The van der Waals surface area contributed by atoms with Gasteiger partial charge in [0.15, 0.2) is 0 Å². The molecule has 0 saturated heterocycles. The van der Waals surface area contributed by atoms with Gasteiger partial charge in [-0.2, -0.15) is 0 Å². The van der Waals surface area contributed by atoms with Crippen molar-refractivity contribution in [2.24, 2.45) is 22.7 Å². The highest BCUT2D eigenvalue weighted by molar-refractivity contribution is 6.52. The predicted molar refractivity (Wildman–Crippen MR) is 83.6 cm³/mol. The summed E-state index contributed by atoms with van der Waals surface area (Å²) in [4.78, 5) is 10.9. The molecule has 0 amide bonds. The van der Waals surface area contributed by atoms with Gasteiger partial charge >= 0.3 is 5.97 Å². The molecule has 3 atom stereocenters. The maximum absolute atomic E-state index is 10.9. The van der Waals surface area contributed by atoms with Gasteiger partial charge in [0.1, 0.15) is 8.67 Å². The average molecular weight is 362 g/mol. The average Bonchev–Trinajstić information content (AvgIpc) is 2.86. The molecule has 2 aliphatic rings. The van der Waals surface area contributed by atoms with Crippen molar-refractivity contribution in [1.82, 2.24) is 0 Å². The molecule has 20 heavy (non-hydrogen) atoms. The summed E-state index contributed by atoms with van der Waals surface area (Å²) in [6.07, 6.45) is 1.69. The highest BCUT2D eigenvalue weighted by Crippen LogP contribution is 2.75. The molecule has 0 heterocycles. The van der Waals surface area contributed by atoms with Gasteiger partial charge in [0.2, 0.25) is 0 Å². The minimum Gasteiger partial charge on any atom is -0.465 e. The molecular formula is C14H20Cl4O2. The monoisotopic (exact) mass is 360 g/mol. The van der Waals surface area contributed by atoms with Crippen LogP contribution in [-0.2, 0) is 9.53 Å². The van der Waals surface area contributed by atoms with E-state index in [1.807, 2.05) is 6.92 Å². The molecule has 0 bridgehead atoms. The molecule has 3 unspecified atom stereocenters.